The average molecular weight is 272 g/mol. The van der Waals surface area contributed by atoms with E-state index in [1.54, 1.807) is 0 Å². The lowest BCUT2D eigenvalue weighted by atomic mass is 9.74. The highest BCUT2D eigenvalue weighted by molar-refractivity contribution is 5.38. The zero-order valence-corrected chi connectivity index (χ0v) is 12.8. The van der Waals surface area contributed by atoms with Crippen LogP contribution in [-0.2, 0) is 6.42 Å². The average Bonchev–Trinajstić information content (AvgIpc) is 2.92. The van der Waals surface area contributed by atoms with E-state index in [9.17, 15) is 0 Å². The summed E-state index contributed by atoms with van der Waals surface area (Å²) < 4.78 is 4.25. The van der Waals surface area contributed by atoms with Gasteiger partial charge in [-0.1, -0.05) is 13.8 Å². The van der Waals surface area contributed by atoms with Gasteiger partial charge in [-0.15, -0.1) is 0 Å². The monoisotopic (exact) mass is 272 g/mol. The maximum Gasteiger partial charge on any atom is 0.0835 e. The second-order valence-electron chi connectivity index (χ2n) is 7.01. The van der Waals surface area contributed by atoms with Gasteiger partial charge in [0.15, 0.2) is 0 Å². The van der Waals surface area contributed by atoms with Crippen molar-refractivity contribution in [1.29, 1.82) is 0 Å². The van der Waals surface area contributed by atoms with Gasteiger partial charge in [-0.25, -0.2) is 0 Å². The number of hydrogen-bond acceptors (Lipinski definition) is 2. The summed E-state index contributed by atoms with van der Waals surface area (Å²) in [7, 11) is 0. The highest BCUT2D eigenvalue weighted by Gasteiger charge is 2.32. The highest BCUT2D eigenvalue weighted by Crippen LogP contribution is 2.40. The molecule has 0 fully saturated rings. The first kappa shape index (κ1) is 13.4. The van der Waals surface area contributed by atoms with Crippen LogP contribution in [-0.4, -0.2) is 14.3 Å². The summed E-state index contributed by atoms with van der Waals surface area (Å²) in [5.41, 5.74) is 10.4. The van der Waals surface area contributed by atoms with Gasteiger partial charge < -0.3 is 10.3 Å². The van der Waals surface area contributed by atoms with E-state index in [-0.39, 0.29) is 11.5 Å². The third-order valence-electron chi connectivity index (χ3n) is 4.24. The second kappa shape index (κ2) is 4.48. The van der Waals surface area contributed by atoms with Crippen LogP contribution in [0.3, 0.4) is 0 Å². The van der Waals surface area contributed by atoms with Gasteiger partial charge in [0, 0.05) is 30.2 Å². The lowest BCUT2D eigenvalue weighted by Crippen LogP contribution is -2.30. The maximum atomic E-state index is 6.33. The molecular formula is C16H24N4. The number of hydrogen-bond donors (Lipinski definition) is 1. The molecule has 4 heteroatoms. The molecule has 108 valence electrons. The van der Waals surface area contributed by atoms with E-state index in [1.807, 2.05) is 10.9 Å². The van der Waals surface area contributed by atoms with Crippen LogP contribution in [0.5, 0.6) is 0 Å². The molecule has 2 heterocycles. The Kier molecular flexibility index (Phi) is 3.01. The van der Waals surface area contributed by atoms with Crippen molar-refractivity contribution in [2.75, 3.05) is 0 Å². The SMILES string of the molecule is CC(C)n1cc(-n2ccc3c2CC(C)(C)CC3N)cn1. The Morgan fingerprint density at radius 3 is 2.80 bits per heavy atom. The number of nitrogens with two attached hydrogens (primary N) is 1. The highest BCUT2D eigenvalue weighted by atomic mass is 15.3. The van der Waals surface area contributed by atoms with Crippen LogP contribution in [0.15, 0.2) is 24.7 Å². The third-order valence-corrected chi connectivity index (χ3v) is 4.24. The Morgan fingerprint density at radius 1 is 1.40 bits per heavy atom. The van der Waals surface area contributed by atoms with E-state index in [1.165, 1.54) is 11.3 Å². The minimum absolute atomic E-state index is 0.148. The quantitative estimate of drug-likeness (QED) is 0.912. The van der Waals surface area contributed by atoms with Gasteiger partial charge in [-0.05, 0) is 43.7 Å². The topological polar surface area (TPSA) is 48.8 Å². The van der Waals surface area contributed by atoms with Crippen molar-refractivity contribution in [2.24, 2.45) is 11.1 Å². The van der Waals surface area contributed by atoms with Crippen molar-refractivity contribution in [3.63, 3.8) is 0 Å². The number of rotatable bonds is 2. The molecule has 4 nitrogen and oxygen atoms in total. The molecular weight excluding hydrogens is 248 g/mol. The molecule has 0 saturated heterocycles. The molecule has 3 rings (SSSR count). The summed E-state index contributed by atoms with van der Waals surface area (Å²) in [5, 5.41) is 4.44. The van der Waals surface area contributed by atoms with Gasteiger partial charge in [0.1, 0.15) is 0 Å². The number of aromatic nitrogens is 3. The molecule has 0 saturated carbocycles. The van der Waals surface area contributed by atoms with Crippen LogP contribution < -0.4 is 5.73 Å². The molecule has 20 heavy (non-hydrogen) atoms. The fourth-order valence-electron chi connectivity index (χ4n) is 3.21. The fourth-order valence-corrected chi connectivity index (χ4v) is 3.21. The van der Waals surface area contributed by atoms with Gasteiger partial charge in [0.05, 0.1) is 11.9 Å². The van der Waals surface area contributed by atoms with Crippen LogP contribution in [0, 0.1) is 5.41 Å². The summed E-state index contributed by atoms with van der Waals surface area (Å²) >= 11 is 0. The predicted molar refractivity (Wildman–Crippen MR) is 81.0 cm³/mol. The summed E-state index contributed by atoms with van der Waals surface area (Å²) in [6.07, 6.45) is 8.30. The summed E-state index contributed by atoms with van der Waals surface area (Å²) in [4.78, 5) is 0. The van der Waals surface area contributed by atoms with Gasteiger partial charge in [0.25, 0.3) is 0 Å². The van der Waals surface area contributed by atoms with Gasteiger partial charge in [0.2, 0.25) is 0 Å². The van der Waals surface area contributed by atoms with Crippen LogP contribution in [0.25, 0.3) is 5.69 Å². The molecule has 0 radical (unpaired) electrons. The van der Waals surface area contributed by atoms with E-state index in [2.05, 4.69) is 55.8 Å². The summed E-state index contributed by atoms with van der Waals surface area (Å²) in [5.74, 6) is 0. The molecule has 1 atom stereocenters. The summed E-state index contributed by atoms with van der Waals surface area (Å²) in [6.45, 7) is 8.87. The molecule has 0 aromatic carbocycles. The molecule has 1 aliphatic carbocycles. The first-order valence-corrected chi connectivity index (χ1v) is 7.37. The Morgan fingerprint density at radius 2 is 2.15 bits per heavy atom. The molecule has 0 aliphatic heterocycles. The lowest BCUT2D eigenvalue weighted by molar-refractivity contribution is 0.278. The van der Waals surface area contributed by atoms with Crippen molar-refractivity contribution in [1.82, 2.24) is 14.3 Å². The molecule has 2 aromatic rings. The molecule has 2 aromatic heterocycles. The zero-order chi connectivity index (χ0) is 14.5. The molecule has 1 aliphatic rings. The second-order valence-corrected chi connectivity index (χ2v) is 7.01. The van der Waals surface area contributed by atoms with Gasteiger partial charge in [-0.3, -0.25) is 4.68 Å². The van der Waals surface area contributed by atoms with Crippen LogP contribution >= 0.6 is 0 Å². The van der Waals surface area contributed by atoms with Crippen molar-refractivity contribution in [2.45, 2.75) is 52.6 Å². The smallest absolute Gasteiger partial charge is 0.0835 e. The largest absolute Gasteiger partial charge is 0.324 e. The van der Waals surface area contributed by atoms with Crippen molar-refractivity contribution < 1.29 is 0 Å². The Hall–Kier alpha value is -1.55. The molecule has 0 amide bonds. The first-order chi connectivity index (χ1) is 9.37. The van der Waals surface area contributed by atoms with E-state index in [0.29, 0.717) is 6.04 Å². The molecule has 0 spiro atoms. The van der Waals surface area contributed by atoms with Crippen LogP contribution in [0.1, 0.15) is 57.5 Å². The number of nitrogens with zero attached hydrogens (tertiary/aromatic N) is 3. The van der Waals surface area contributed by atoms with Crippen molar-refractivity contribution in [3.05, 3.63) is 35.9 Å². The number of fused-ring (bicyclic) bond motifs is 1. The Labute approximate surface area is 120 Å². The zero-order valence-electron chi connectivity index (χ0n) is 12.8. The summed E-state index contributed by atoms with van der Waals surface area (Å²) in [6, 6.07) is 2.70. The van der Waals surface area contributed by atoms with Crippen molar-refractivity contribution in [3.8, 4) is 5.69 Å². The normalized spacial score (nSPS) is 21.2. The third kappa shape index (κ3) is 2.18. The van der Waals surface area contributed by atoms with Gasteiger partial charge >= 0.3 is 0 Å². The fraction of sp³-hybridized carbons (Fsp3) is 0.562. The lowest BCUT2D eigenvalue weighted by Gasteiger charge is -2.34. The van der Waals surface area contributed by atoms with Crippen LogP contribution in [0.2, 0.25) is 0 Å². The van der Waals surface area contributed by atoms with E-state index >= 15 is 0 Å². The molecule has 1 unspecified atom stereocenters. The van der Waals surface area contributed by atoms with Crippen molar-refractivity contribution >= 4 is 0 Å². The molecule has 0 bridgehead atoms. The maximum absolute atomic E-state index is 6.33. The van der Waals surface area contributed by atoms with E-state index < -0.39 is 0 Å². The minimum atomic E-state index is 0.148. The van der Waals surface area contributed by atoms with E-state index in [4.69, 9.17) is 5.73 Å². The predicted octanol–water partition coefficient (Wildman–Crippen LogP) is 3.23. The molecule has 2 N–H and O–H groups in total. The minimum Gasteiger partial charge on any atom is -0.324 e. The van der Waals surface area contributed by atoms with Crippen LogP contribution in [0.4, 0.5) is 0 Å². The first-order valence-electron chi connectivity index (χ1n) is 7.37. The Bertz CT molecular complexity index is 618. The standard InChI is InChI=1S/C16H24N4/c1-11(2)20-10-12(9-18-20)19-6-5-13-14(17)7-16(3,4)8-15(13)19/h5-6,9-11,14H,7-8,17H2,1-4H3. The Balaban J connectivity index is 2.04. The van der Waals surface area contributed by atoms with E-state index in [0.717, 1.165) is 18.5 Å². The van der Waals surface area contributed by atoms with Gasteiger partial charge in [-0.2, -0.15) is 5.10 Å².